The lowest BCUT2D eigenvalue weighted by Gasteiger charge is -2.09. The van der Waals surface area contributed by atoms with Crippen LogP contribution in [0.4, 0.5) is 17.2 Å². The number of aromatic nitrogens is 1. The summed E-state index contributed by atoms with van der Waals surface area (Å²) in [6.45, 7) is 2.60. The summed E-state index contributed by atoms with van der Waals surface area (Å²) in [5.41, 5.74) is 7.01. The van der Waals surface area contributed by atoms with E-state index in [1.807, 2.05) is 31.2 Å². The molecule has 2 aromatic rings. The van der Waals surface area contributed by atoms with E-state index in [2.05, 4.69) is 10.3 Å². The van der Waals surface area contributed by atoms with Gasteiger partial charge in [0.05, 0.1) is 23.5 Å². The second-order valence-electron chi connectivity index (χ2n) is 3.68. The van der Waals surface area contributed by atoms with E-state index in [9.17, 15) is 0 Å². The Morgan fingerprint density at radius 2 is 2.06 bits per heavy atom. The van der Waals surface area contributed by atoms with Crippen LogP contribution in [0.15, 0.2) is 36.5 Å². The third-order valence-corrected chi connectivity index (χ3v) is 2.58. The first-order valence-corrected chi connectivity index (χ1v) is 5.97. The molecule has 18 heavy (non-hydrogen) atoms. The molecule has 0 aliphatic rings. The van der Waals surface area contributed by atoms with Gasteiger partial charge in [0.2, 0.25) is 0 Å². The number of pyridine rings is 1. The van der Waals surface area contributed by atoms with E-state index in [4.69, 9.17) is 22.1 Å². The molecule has 3 N–H and O–H groups in total. The molecule has 2 rings (SSSR count). The normalized spacial score (nSPS) is 10.1. The van der Waals surface area contributed by atoms with Crippen LogP contribution in [0.5, 0.6) is 5.75 Å². The van der Waals surface area contributed by atoms with Crippen molar-refractivity contribution in [2.24, 2.45) is 0 Å². The number of hydrogen-bond donors (Lipinski definition) is 2. The van der Waals surface area contributed by atoms with E-state index in [1.165, 1.54) is 0 Å². The number of anilines is 3. The molecule has 0 radical (unpaired) electrons. The zero-order valence-corrected chi connectivity index (χ0v) is 10.7. The first-order chi connectivity index (χ1) is 8.69. The van der Waals surface area contributed by atoms with Gasteiger partial charge in [0.15, 0.2) is 0 Å². The molecule has 94 valence electrons. The highest BCUT2D eigenvalue weighted by Crippen LogP contribution is 2.25. The molecule has 0 fully saturated rings. The number of rotatable bonds is 4. The van der Waals surface area contributed by atoms with E-state index in [0.717, 1.165) is 11.4 Å². The standard InChI is InChI=1S/C13H14ClN3O/c1-2-18-11-5-3-10(4-6-11)17-13-12(14)7-9(15)8-16-13/h3-8H,2,15H2,1H3,(H,16,17). The van der Waals surface area contributed by atoms with Crippen LogP contribution in [0, 0.1) is 0 Å². The van der Waals surface area contributed by atoms with Gasteiger partial charge in [0.25, 0.3) is 0 Å². The van der Waals surface area contributed by atoms with Crippen molar-refractivity contribution in [1.29, 1.82) is 0 Å². The number of nitrogens with zero attached hydrogens (tertiary/aromatic N) is 1. The number of halogens is 1. The number of nitrogens with two attached hydrogens (primary N) is 1. The number of nitrogens with one attached hydrogen (secondary N) is 1. The lowest BCUT2D eigenvalue weighted by molar-refractivity contribution is 0.340. The van der Waals surface area contributed by atoms with Crippen molar-refractivity contribution in [1.82, 2.24) is 4.98 Å². The molecule has 5 heteroatoms. The molecule has 1 aromatic carbocycles. The maximum absolute atomic E-state index is 6.03. The van der Waals surface area contributed by atoms with Gasteiger partial charge in [0.1, 0.15) is 11.6 Å². The van der Waals surface area contributed by atoms with Crippen LogP contribution in [-0.4, -0.2) is 11.6 Å². The molecule has 4 nitrogen and oxygen atoms in total. The monoisotopic (exact) mass is 263 g/mol. The molecule has 0 saturated heterocycles. The summed E-state index contributed by atoms with van der Waals surface area (Å²) in [6, 6.07) is 9.23. The summed E-state index contributed by atoms with van der Waals surface area (Å²) in [6.07, 6.45) is 1.56. The van der Waals surface area contributed by atoms with Gasteiger partial charge >= 0.3 is 0 Å². The van der Waals surface area contributed by atoms with E-state index >= 15 is 0 Å². The van der Waals surface area contributed by atoms with Gasteiger partial charge in [-0.2, -0.15) is 0 Å². The third kappa shape index (κ3) is 3.05. The van der Waals surface area contributed by atoms with Gasteiger partial charge in [-0.05, 0) is 37.3 Å². The maximum atomic E-state index is 6.03. The maximum Gasteiger partial charge on any atom is 0.149 e. The molecule has 0 aliphatic carbocycles. The Bertz CT molecular complexity index is 528. The molecular formula is C13H14ClN3O. The van der Waals surface area contributed by atoms with Crippen LogP contribution < -0.4 is 15.8 Å². The minimum atomic E-state index is 0.490. The molecule has 1 aromatic heterocycles. The van der Waals surface area contributed by atoms with Gasteiger partial charge in [0, 0.05) is 5.69 Å². The van der Waals surface area contributed by atoms with Crippen molar-refractivity contribution in [3.63, 3.8) is 0 Å². The number of benzene rings is 1. The molecule has 0 amide bonds. The Kier molecular flexibility index (Phi) is 3.89. The summed E-state index contributed by atoms with van der Waals surface area (Å²) < 4.78 is 5.36. The fraction of sp³-hybridized carbons (Fsp3) is 0.154. The zero-order chi connectivity index (χ0) is 13.0. The van der Waals surface area contributed by atoms with Crippen molar-refractivity contribution in [3.8, 4) is 5.75 Å². The summed E-state index contributed by atoms with van der Waals surface area (Å²) in [5, 5.41) is 3.60. The Morgan fingerprint density at radius 1 is 1.33 bits per heavy atom. The number of hydrogen-bond acceptors (Lipinski definition) is 4. The minimum absolute atomic E-state index is 0.490. The van der Waals surface area contributed by atoms with E-state index < -0.39 is 0 Å². The van der Waals surface area contributed by atoms with Gasteiger partial charge < -0.3 is 15.8 Å². The molecular weight excluding hydrogens is 250 g/mol. The minimum Gasteiger partial charge on any atom is -0.494 e. The molecule has 0 unspecified atom stereocenters. The van der Waals surface area contributed by atoms with E-state index in [-0.39, 0.29) is 0 Å². The second kappa shape index (κ2) is 5.60. The largest absolute Gasteiger partial charge is 0.494 e. The molecule has 0 saturated carbocycles. The van der Waals surface area contributed by atoms with Crippen LogP contribution in [-0.2, 0) is 0 Å². The second-order valence-corrected chi connectivity index (χ2v) is 4.09. The zero-order valence-electron chi connectivity index (χ0n) is 9.98. The molecule has 1 heterocycles. The molecule has 0 aliphatic heterocycles. The van der Waals surface area contributed by atoms with Gasteiger partial charge in [-0.3, -0.25) is 0 Å². The van der Waals surface area contributed by atoms with E-state index in [0.29, 0.717) is 23.1 Å². The third-order valence-electron chi connectivity index (χ3n) is 2.29. The summed E-state index contributed by atoms with van der Waals surface area (Å²) in [4.78, 5) is 4.13. The average Bonchev–Trinajstić information content (AvgIpc) is 2.35. The lowest BCUT2D eigenvalue weighted by atomic mass is 10.3. The Morgan fingerprint density at radius 3 is 2.67 bits per heavy atom. The Hall–Kier alpha value is -1.94. The molecule has 0 atom stereocenters. The topological polar surface area (TPSA) is 60.2 Å². The van der Waals surface area contributed by atoms with Crippen molar-refractivity contribution in [2.45, 2.75) is 6.92 Å². The quantitative estimate of drug-likeness (QED) is 0.887. The lowest BCUT2D eigenvalue weighted by Crippen LogP contribution is -1.96. The first kappa shape index (κ1) is 12.5. The van der Waals surface area contributed by atoms with Gasteiger partial charge in [-0.1, -0.05) is 11.6 Å². The Balaban J connectivity index is 2.13. The van der Waals surface area contributed by atoms with Crippen LogP contribution in [0.3, 0.4) is 0 Å². The molecule has 0 bridgehead atoms. The first-order valence-electron chi connectivity index (χ1n) is 5.60. The van der Waals surface area contributed by atoms with Gasteiger partial charge in [-0.25, -0.2) is 4.98 Å². The molecule has 0 spiro atoms. The highest BCUT2D eigenvalue weighted by Gasteiger charge is 2.03. The highest BCUT2D eigenvalue weighted by molar-refractivity contribution is 6.33. The predicted molar refractivity (Wildman–Crippen MR) is 74.6 cm³/mol. The number of ether oxygens (including phenoxy) is 1. The fourth-order valence-corrected chi connectivity index (χ4v) is 1.70. The van der Waals surface area contributed by atoms with E-state index in [1.54, 1.807) is 12.3 Å². The van der Waals surface area contributed by atoms with Crippen LogP contribution in [0.25, 0.3) is 0 Å². The van der Waals surface area contributed by atoms with Gasteiger partial charge in [-0.15, -0.1) is 0 Å². The van der Waals surface area contributed by atoms with Crippen LogP contribution >= 0.6 is 11.6 Å². The van der Waals surface area contributed by atoms with Crippen LogP contribution in [0.2, 0.25) is 5.02 Å². The fourth-order valence-electron chi connectivity index (χ4n) is 1.48. The smallest absolute Gasteiger partial charge is 0.149 e. The van der Waals surface area contributed by atoms with Crippen LogP contribution in [0.1, 0.15) is 6.92 Å². The van der Waals surface area contributed by atoms with Crippen molar-refractivity contribution < 1.29 is 4.74 Å². The summed E-state index contributed by atoms with van der Waals surface area (Å²) in [7, 11) is 0. The predicted octanol–water partition coefficient (Wildman–Crippen LogP) is 3.46. The summed E-state index contributed by atoms with van der Waals surface area (Å²) >= 11 is 6.03. The summed E-state index contributed by atoms with van der Waals surface area (Å²) in [5.74, 6) is 1.41. The van der Waals surface area contributed by atoms with Crippen molar-refractivity contribution in [2.75, 3.05) is 17.7 Å². The number of nitrogen functional groups attached to an aromatic ring is 1. The van der Waals surface area contributed by atoms with Crippen molar-refractivity contribution >= 4 is 28.8 Å². The SMILES string of the molecule is CCOc1ccc(Nc2ncc(N)cc2Cl)cc1. The van der Waals surface area contributed by atoms with Crippen molar-refractivity contribution in [3.05, 3.63) is 41.6 Å². The highest BCUT2D eigenvalue weighted by atomic mass is 35.5. The average molecular weight is 264 g/mol. The Labute approximate surface area is 111 Å².